The Hall–Kier alpha value is -1.78. The second-order valence-corrected chi connectivity index (χ2v) is 5.42. The van der Waals surface area contributed by atoms with E-state index < -0.39 is 0 Å². The van der Waals surface area contributed by atoms with Crippen LogP contribution in [0.15, 0.2) is 18.6 Å². The van der Waals surface area contributed by atoms with Crippen LogP contribution < -0.4 is 10.6 Å². The highest BCUT2D eigenvalue weighted by molar-refractivity contribution is 5.66. The minimum atomic E-state index is 0.0129. The van der Waals surface area contributed by atoms with Crippen molar-refractivity contribution in [1.82, 2.24) is 14.4 Å². The number of imidazole rings is 1. The first kappa shape index (κ1) is 13.6. The Balaban J connectivity index is 2.37. The van der Waals surface area contributed by atoms with Crippen LogP contribution in [-0.2, 0) is 0 Å². The molecule has 104 valence electrons. The summed E-state index contributed by atoms with van der Waals surface area (Å²) in [6.07, 6.45) is 7.93. The monoisotopic (exact) mass is 261 g/mol. The van der Waals surface area contributed by atoms with Crippen molar-refractivity contribution in [2.45, 2.75) is 46.1 Å². The van der Waals surface area contributed by atoms with E-state index in [-0.39, 0.29) is 5.54 Å². The molecule has 0 saturated heterocycles. The van der Waals surface area contributed by atoms with Gasteiger partial charge in [-0.1, -0.05) is 13.3 Å². The van der Waals surface area contributed by atoms with Crippen molar-refractivity contribution in [3.05, 3.63) is 18.6 Å². The summed E-state index contributed by atoms with van der Waals surface area (Å²) in [5.74, 6) is 1.70. The average Bonchev–Trinajstić information content (AvgIpc) is 2.77. The van der Waals surface area contributed by atoms with Gasteiger partial charge in [0, 0.05) is 24.5 Å². The molecule has 2 aromatic rings. The number of hydrogen-bond donors (Lipinski definition) is 2. The topological polar surface area (TPSA) is 54.2 Å². The standard InChI is InChI=1S/C14H23N5/c1-5-7-14(3,4)18-12-13-16-8-9-19(13)10-11(17-12)15-6-2/h8-10,15H,5-7H2,1-4H3,(H,17,18). The minimum absolute atomic E-state index is 0.0129. The van der Waals surface area contributed by atoms with Crippen LogP contribution in [0.2, 0.25) is 0 Å². The van der Waals surface area contributed by atoms with Crippen LogP contribution in [0.1, 0.15) is 40.5 Å². The number of nitrogens with zero attached hydrogens (tertiary/aromatic N) is 3. The number of nitrogens with one attached hydrogen (secondary N) is 2. The molecule has 2 aromatic heterocycles. The third kappa shape index (κ3) is 3.16. The van der Waals surface area contributed by atoms with Crippen molar-refractivity contribution in [3.8, 4) is 0 Å². The van der Waals surface area contributed by atoms with Crippen molar-refractivity contribution < 1.29 is 0 Å². The molecule has 0 aliphatic rings. The van der Waals surface area contributed by atoms with Gasteiger partial charge in [-0.2, -0.15) is 0 Å². The number of aromatic nitrogens is 3. The molecule has 2 N–H and O–H groups in total. The van der Waals surface area contributed by atoms with Gasteiger partial charge in [-0.25, -0.2) is 9.97 Å². The highest BCUT2D eigenvalue weighted by atomic mass is 15.2. The largest absolute Gasteiger partial charge is 0.369 e. The summed E-state index contributed by atoms with van der Waals surface area (Å²) >= 11 is 0. The van der Waals surface area contributed by atoms with E-state index in [1.54, 1.807) is 6.20 Å². The van der Waals surface area contributed by atoms with Crippen molar-refractivity contribution in [2.24, 2.45) is 0 Å². The molecule has 0 radical (unpaired) electrons. The summed E-state index contributed by atoms with van der Waals surface area (Å²) in [5, 5.41) is 6.76. The third-order valence-electron chi connectivity index (χ3n) is 3.06. The highest BCUT2D eigenvalue weighted by Crippen LogP contribution is 2.22. The average molecular weight is 261 g/mol. The normalized spacial score (nSPS) is 11.8. The lowest BCUT2D eigenvalue weighted by Gasteiger charge is -2.26. The molecule has 0 unspecified atom stereocenters. The van der Waals surface area contributed by atoms with Crippen molar-refractivity contribution in [3.63, 3.8) is 0 Å². The molecular formula is C14H23N5. The summed E-state index contributed by atoms with van der Waals surface area (Å²) in [4.78, 5) is 9.00. The second-order valence-electron chi connectivity index (χ2n) is 5.42. The molecule has 5 nitrogen and oxygen atoms in total. The van der Waals surface area contributed by atoms with Gasteiger partial charge >= 0.3 is 0 Å². The van der Waals surface area contributed by atoms with Crippen LogP contribution in [0.4, 0.5) is 11.6 Å². The van der Waals surface area contributed by atoms with Gasteiger partial charge in [-0.05, 0) is 27.2 Å². The number of hydrogen-bond acceptors (Lipinski definition) is 4. The maximum Gasteiger partial charge on any atom is 0.180 e. The van der Waals surface area contributed by atoms with Crippen LogP contribution in [0.5, 0.6) is 0 Å². The maximum absolute atomic E-state index is 4.62. The van der Waals surface area contributed by atoms with E-state index in [2.05, 4.69) is 48.3 Å². The summed E-state index contributed by atoms with van der Waals surface area (Å²) in [7, 11) is 0. The van der Waals surface area contributed by atoms with Crippen LogP contribution >= 0.6 is 0 Å². The molecule has 2 rings (SSSR count). The predicted molar refractivity (Wildman–Crippen MR) is 79.8 cm³/mol. The molecule has 5 heteroatoms. The molecule has 0 amide bonds. The van der Waals surface area contributed by atoms with E-state index in [9.17, 15) is 0 Å². The number of anilines is 2. The first-order valence-electron chi connectivity index (χ1n) is 6.91. The van der Waals surface area contributed by atoms with E-state index in [0.29, 0.717) is 0 Å². The maximum atomic E-state index is 4.62. The minimum Gasteiger partial charge on any atom is -0.369 e. The molecule has 0 aliphatic heterocycles. The third-order valence-corrected chi connectivity index (χ3v) is 3.06. The van der Waals surface area contributed by atoms with Gasteiger partial charge in [-0.3, -0.25) is 0 Å². The molecule has 19 heavy (non-hydrogen) atoms. The SMILES string of the molecule is CCCC(C)(C)Nc1nc(NCC)cn2ccnc12. The van der Waals surface area contributed by atoms with E-state index in [4.69, 9.17) is 0 Å². The van der Waals surface area contributed by atoms with E-state index in [0.717, 1.165) is 36.7 Å². The highest BCUT2D eigenvalue weighted by Gasteiger charge is 2.19. The number of fused-ring (bicyclic) bond motifs is 1. The first-order valence-corrected chi connectivity index (χ1v) is 6.91. The molecule has 0 bridgehead atoms. The van der Waals surface area contributed by atoms with Gasteiger partial charge < -0.3 is 15.0 Å². The van der Waals surface area contributed by atoms with Crippen LogP contribution in [0, 0.1) is 0 Å². The summed E-state index contributed by atoms with van der Waals surface area (Å²) in [5.41, 5.74) is 0.879. The van der Waals surface area contributed by atoms with Crippen LogP contribution in [-0.4, -0.2) is 26.5 Å². The van der Waals surface area contributed by atoms with E-state index in [1.807, 2.05) is 16.8 Å². The van der Waals surface area contributed by atoms with Gasteiger partial charge in [-0.15, -0.1) is 0 Å². The van der Waals surface area contributed by atoms with Crippen LogP contribution in [0.25, 0.3) is 5.65 Å². The smallest absolute Gasteiger partial charge is 0.180 e. The van der Waals surface area contributed by atoms with Gasteiger partial charge in [0.15, 0.2) is 11.5 Å². The van der Waals surface area contributed by atoms with Gasteiger partial charge in [0.1, 0.15) is 5.82 Å². The molecule has 0 aliphatic carbocycles. The lowest BCUT2D eigenvalue weighted by Crippen LogP contribution is -2.31. The predicted octanol–water partition coefficient (Wildman–Crippen LogP) is 3.15. The van der Waals surface area contributed by atoms with Gasteiger partial charge in [0.25, 0.3) is 0 Å². The van der Waals surface area contributed by atoms with Crippen molar-refractivity contribution >= 4 is 17.3 Å². The van der Waals surface area contributed by atoms with Gasteiger partial charge in [0.2, 0.25) is 0 Å². The summed E-state index contributed by atoms with van der Waals surface area (Å²) in [6, 6.07) is 0. The molecule has 2 heterocycles. The molecular weight excluding hydrogens is 238 g/mol. The Morgan fingerprint density at radius 1 is 1.32 bits per heavy atom. The summed E-state index contributed by atoms with van der Waals surface area (Å²) < 4.78 is 2.00. The zero-order chi connectivity index (χ0) is 13.9. The molecule has 0 atom stereocenters. The fourth-order valence-corrected chi connectivity index (χ4v) is 2.29. The van der Waals surface area contributed by atoms with E-state index >= 15 is 0 Å². The van der Waals surface area contributed by atoms with Gasteiger partial charge in [0.05, 0.1) is 6.20 Å². The van der Waals surface area contributed by atoms with Crippen LogP contribution in [0.3, 0.4) is 0 Å². The Bertz CT molecular complexity index is 544. The van der Waals surface area contributed by atoms with Crippen molar-refractivity contribution in [1.29, 1.82) is 0 Å². The molecule has 0 saturated carbocycles. The zero-order valence-corrected chi connectivity index (χ0v) is 12.2. The Morgan fingerprint density at radius 3 is 2.79 bits per heavy atom. The number of rotatable bonds is 6. The fourth-order valence-electron chi connectivity index (χ4n) is 2.29. The Morgan fingerprint density at radius 2 is 2.11 bits per heavy atom. The zero-order valence-electron chi connectivity index (χ0n) is 12.2. The molecule has 0 aromatic carbocycles. The Labute approximate surface area is 114 Å². The fraction of sp³-hybridized carbons (Fsp3) is 0.571. The summed E-state index contributed by atoms with van der Waals surface area (Å²) in [6.45, 7) is 9.49. The van der Waals surface area contributed by atoms with Crippen molar-refractivity contribution in [2.75, 3.05) is 17.2 Å². The Kier molecular flexibility index (Phi) is 3.93. The quantitative estimate of drug-likeness (QED) is 0.838. The second kappa shape index (κ2) is 5.47. The van der Waals surface area contributed by atoms with E-state index in [1.165, 1.54) is 0 Å². The molecule has 0 spiro atoms. The molecule has 0 fully saturated rings. The lowest BCUT2D eigenvalue weighted by molar-refractivity contribution is 0.509. The lowest BCUT2D eigenvalue weighted by atomic mass is 9.99. The first-order chi connectivity index (χ1) is 9.05.